The molecule has 4 aromatic rings. The molecule has 0 unspecified atom stereocenters. The number of aromatic amines is 1. The van der Waals surface area contributed by atoms with Gasteiger partial charge in [-0.2, -0.15) is 5.26 Å². The summed E-state index contributed by atoms with van der Waals surface area (Å²) in [6.45, 7) is 6.41. The molecule has 0 saturated carbocycles. The number of hydrogen-bond donors (Lipinski definition) is 1. The zero-order valence-corrected chi connectivity index (χ0v) is 23.0. The van der Waals surface area contributed by atoms with Crippen molar-refractivity contribution in [3.8, 4) is 23.4 Å². The lowest BCUT2D eigenvalue weighted by Crippen LogP contribution is -2.18. The van der Waals surface area contributed by atoms with E-state index < -0.39 is 0 Å². The maximum atomic E-state index is 8.78. The SMILES string of the molecule is CC(C)COc1ccc(Cl)cc1Cc1ccc(-c2nc3ccc(CN(C)CCC#N)cc3[nH]2)o1.Cl.Cl. The Morgan fingerprint density at radius 2 is 1.94 bits per heavy atom. The summed E-state index contributed by atoms with van der Waals surface area (Å²) in [5, 5.41) is 9.45. The molecule has 192 valence electrons. The molecule has 0 aliphatic carbocycles. The monoisotopic (exact) mass is 548 g/mol. The van der Waals surface area contributed by atoms with E-state index in [2.05, 4.69) is 41.9 Å². The number of furan rings is 1. The van der Waals surface area contributed by atoms with E-state index in [4.69, 9.17) is 31.0 Å². The van der Waals surface area contributed by atoms with E-state index in [1.165, 1.54) is 0 Å². The van der Waals surface area contributed by atoms with Gasteiger partial charge in [0.05, 0.1) is 23.7 Å². The Morgan fingerprint density at radius 3 is 2.69 bits per heavy atom. The standard InChI is InChI=1S/C27H29ClN4O2.2ClH/c1-18(2)17-33-25-9-6-21(28)14-20(25)15-22-7-10-26(34-22)27-30-23-8-5-19(13-24(23)31-27)16-32(3)12-4-11-29;;/h5-10,13-14,18H,4,12,15-17H2,1-3H3,(H,30,31);2*1H. The lowest BCUT2D eigenvalue weighted by molar-refractivity contribution is 0.268. The zero-order chi connectivity index (χ0) is 24.1. The third-order valence-electron chi connectivity index (χ3n) is 5.46. The highest BCUT2D eigenvalue weighted by Crippen LogP contribution is 2.29. The maximum absolute atomic E-state index is 8.78. The number of fused-ring (bicyclic) bond motifs is 1. The van der Waals surface area contributed by atoms with Crippen LogP contribution in [0.1, 0.15) is 37.2 Å². The van der Waals surface area contributed by atoms with Crippen molar-refractivity contribution in [2.24, 2.45) is 5.92 Å². The molecule has 0 atom stereocenters. The highest BCUT2D eigenvalue weighted by Gasteiger charge is 2.14. The minimum absolute atomic E-state index is 0. The fourth-order valence-electron chi connectivity index (χ4n) is 3.77. The van der Waals surface area contributed by atoms with Gasteiger partial charge in [0.25, 0.3) is 0 Å². The van der Waals surface area contributed by atoms with Crippen LogP contribution in [-0.4, -0.2) is 35.1 Å². The van der Waals surface area contributed by atoms with E-state index in [0.717, 1.165) is 46.8 Å². The van der Waals surface area contributed by atoms with Gasteiger partial charge in [-0.25, -0.2) is 4.98 Å². The van der Waals surface area contributed by atoms with Crippen molar-refractivity contribution in [1.82, 2.24) is 14.9 Å². The van der Waals surface area contributed by atoms with Gasteiger partial charge >= 0.3 is 0 Å². The van der Waals surface area contributed by atoms with E-state index in [1.54, 1.807) is 0 Å². The molecule has 0 radical (unpaired) electrons. The molecule has 4 rings (SSSR count). The number of benzene rings is 2. The summed E-state index contributed by atoms with van der Waals surface area (Å²) < 4.78 is 12.1. The van der Waals surface area contributed by atoms with E-state index in [-0.39, 0.29) is 24.8 Å². The second-order valence-electron chi connectivity index (χ2n) is 8.98. The summed E-state index contributed by atoms with van der Waals surface area (Å²) in [4.78, 5) is 10.2. The molecule has 2 heterocycles. The van der Waals surface area contributed by atoms with Gasteiger partial charge in [0, 0.05) is 36.5 Å². The van der Waals surface area contributed by atoms with Gasteiger partial charge < -0.3 is 19.0 Å². The van der Waals surface area contributed by atoms with Crippen LogP contribution in [0.15, 0.2) is 52.9 Å². The summed E-state index contributed by atoms with van der Waals surface area (Å²) in [5.41, 5.74) is 4.00. The minimum Gasteiger partial charge on any atom is -0.493 e. The first-order valence-corrected chi connectivity index (χ1v) is 11.8. The van der Waals surface area contributed by atoms with Crippen LogP contribution in [0.3, 0.4) is 0 Å². The Hall–Kier alpha value is -2.69. The molecule has 0 spiro atoms. The number of nitriles is 1. The number of rotatable bonds is 10. The number of aromatic nitrogens is 2. The summed E-state index contributed by atoms with van der Waals surface area (Å²) in [7, 11) is 2.02. The van der Waals surface area contributed by atoms with Crippen LogP contribution in [0, 0.1) is 17.2 Å². The quantitative estimate of drug-likeness (QED) is 0.225. The van der Waals surface area contributed by atoms with Gasteiger partial charge in [0.2, 0.25) is 0 Å². The molecule has 0 amide bonds. The van der Waals surface area contributed by atoms with Crippen molar-refractivity contribution in [2.75, 3.05) is 20.2 Å². The second kappa shape index (κ2) is 13.6. The third kappa shape index (κ3) is 7.65. The molecule has 0 saturated heterocycles. The van der Waals surface area contributed by atoms with Crippen molar-refractivity contribution < 1.29 is 9.15 Å². The molecule has 9 heteroatoms. The molecule has 1 N–H and O–H groups in total. The average molecular weight is 550 g/mol. The lowest BCUT2D eigenvalue weighted by Gasteiger charge is -2.14. The largest absolute Gasteiger partial charge is 0.493 e. The van der Waals surface area contributed by atoms with Crippen molar-refractivity contribution >= 4 is 47.4 Å². The van der Waals surface area contributed by atoms with Crippen LogP contribution in [0.5, 0.6) is 5.75 Å². The van der Waals surface area contributed by atoms with Crippen LogP contribution in [0.4, 0.5) is 0 Å². The predicted molar refractivity (Wildman–Crippen MR) is 149 cm³/mol. The highest BCUT2D eigenvalue weighted by molar-refractivity contribution is 6.30. The van der Waals surface area contributed by atoms with E-state index in [1.807, 2.05) is 43.4 Å². The number of nitrogens with zero attached hydrogens (tertiary/aromatic N) is 3. The van der Waals surface area contributed by atoms with Crippen molar-refractivity contribution in [2.45, 2.75) is 33.2 Å². The molecule has 0 aliphatic heterocycles. The highest BCUT2D eigenvalue weighted by atomic mass is 35.5. The Kier molecular flexibility index (Phi) is 11.1. The molecular weight excluding hydrogens is 519 g/mol. The van der Waals surface area contributed by atoms with E-state index in [9.17, 15) is 0 Å². The van der Waals surface area contributed by atoms with E-state index in [0.29, 0.717) is 42.0 Å². The third-order valence-corrected chi connectivity index (χ3v) is 5.69. The van der Waals surface area contributed by atoms with E-state index >= 15 is 0 Å². The van der Waals surface area contributed by atoms with Gasteiger partial charge in [-0.15, -0.1) is 24.8 Å². The topological polar surface area (TPSA) is 78.1 Å². The van der Waals surface area contributed by atoms with Crippen LogP contribution in [0.25, 0.3) is 22.6 Å². The fourth-order valence-corrected chi connectivity index (χ4v) is 3.97. The van der Waals surface area contributed by atoms with Gasteiger partial charge in [-0.3, -0.25) is 0 Å². The Labute approximate surface area is 229 Å². The van der Waals surface area contributed by atoms with Gasteiger partial charge in [0.15, 0.2) is 11.6 Å². The summed E-state index contributed by atoms with van der Waals surface area (Å²) in [5.74, 6) is 3.45. The first kappa shape index (κ1) is 29.5. The molecule has 0 aliphatic rings. The number of hydrogen-bond acceptors (Lipinski definition) is 5. The Bertz CT molecular complexity index is 1310. The molecule has 0 fully saturated rings. The Morgan fingerprint density at radius 1 is 1.14 bits per heavy atom. The maximum Gasteiger partial charge on any atom is 0.174 e. The number of nitrogens with one attached hydrogen (secondary N) is 1. The minimum atomic E-state index is 0. The number of imidazole rings is 1. The van der Waals surface area contributed by atoms with Gasteiger partial charge in [0.1, 0.15) is 11.5 Å². The predicted octanol–water partition coefficient (Wildman–Crippen LogP) is 7.29. The first-order chi connectivity index (χ1) is 16.4. The summed E-state index contributed by atoms with van der Waals surface area (Å²) in [6.07, 6.45) is 1.10. The molecule has 2 aromatic carbocycles. The van der Waals surface area contributed by atoms with Crippen molar-refractivity contribution in [3.63, 3.8) is 0 Å². The molecule has 6 nitrogen and oxygen atoms in total. The Balaban J connectivity index is 0.00000228. The smallest absolute Gasteiger partial charge is 0.174 e. The molecule has 36 heavy (non-hydrogen) atoms. The molecule has 0 bridgehead atoms. The van der Waals surface area contributed by atoms with Crippen molar-refractivity contribution in [1.29, 1.82) is 5.26 Å². The number of H-pyrrole nitrogens is 1. The number of ether oxygens (including phenoxy) is 1. The summed E-state index contributed by atoms with van der Waals surface area (Å²) in [6, 6.07) is 18.0. The van der Waals surface area contributed by atoms with Crippen LogP contribution >= 0.6 is 36.4 Å². The van der Waals surface area contributed by atoms with Crippen LogP contribution < -0.4 is 4.74 Å². The number of halogens is 3. The second-order valence-corrected chi connectivity index (χ2v) is 9.42. The van der Waals surface area contributed by atoms with Crippen LogP contribution in [-0.2, 0) is 13.0 Å². The molecular formula is C27H31Cl3N4O2. The van der Waals surface area contributed by atoms with Gasteiger partial charge in [-0.1, -0.05) is 31.5 Å². The zero-order valence-electron chi connectivity index (χ0n) is 20.6. The van der Waals surface area contributed by atoms with Gasteiger partial charge in [-0.05, 0) is 61.0 Å². The summed E-state index contributed by atoms with van der Waals surface area (Å²) >= 11 is 6.24. The fraction of sp³-hybridized carbons (Fsp3) is 0.333. The first-order valence-electron chi connectivity index (χ1n) is 11.5. The average Bonchev–Trinajstić information content (AvgIpc) is 3.43. The van der Waals surface area contributed by atoms with Crippen molar-refractivity contribution in [3.05, 3.63) is 70.4 Å². The molecule has 2 aromatic heterocycles. The van der Waals surface area contributed by atoms with Crippen LogP contribution in [0.2, 0.25) is 5.02 Å². The lowest BCUT2D eigenvalue weighted by atomic mass is 10.1. The normalized spacial score (nSPS) is 10.8.